The Hall–Kier alpha value is -3.82. The zero-order valence-electron chi connectivity index (χ0n) is 21.4. The number of hydrogen-bond acceptors (Lipinski definition) is 8. The number of nitrogens with zero attached hydrogens (tertiary/aromatic N) is 4. The SMILES string of the molecule is CC(C)[C@H](NCc1ccc(-c2ccccc2-c2nnnn2C)cc1)C(=O)OCc1ccccc1.O=[P+]([O-])O.[HH]. The number of carbonyl (C=O) groups excluding carboxylic acids is 1. The number of ether oxygens (including phenoxy) is 1. The van der Waals surface area contributed by atoms with Gasteiger partial charge < -0.3 is 14.9 Å². The molecule has 0 aliphatic heterocycles. The lowest BCUT2D eigenvalue weighted by molar-refractivity contribution is -0.180. The molecule has 1 unspecified atom stereocenters. The summed E-state index contributed by atoms with van der Waals surface area (Å²) in [4.78, 5) is 28.3. The number of rotatable bonds is 9. The van der Waals surface area contributed by atoms with Crippen molar-refractivity contribution in [3.63, 3.8) is 0 Å². The van der Waals surface area contributed by atoms with E-state index in [2.05, 4.69) is 51.2 Å². The van der Waals surface area contributed by atoms with Crippen LogP contribution < -0.4 is 10.2 Å². The van der Waals surface area contributed by atoms with Gasteiger partial charge in [0.05, 0.1) is 0 Å². The first-order chi connectivity index (χ1) is 18.3. The normalized spacial score (nSPS) is 11.9. The van der Waals surface area contributed by atoms with Gasteiger partial charge in [0, 0.05) is 20.6 Å². The molecule has 4 rings (SSSR count). The molecule has 1 aromatic heterocycles. The Morgan fingerprint density at radius 3 is 2.21 bits per heavy atom. The molecule has 0 aliphatic carbocycles. The largest absolute Gasteiger partial charge is 0.567 e. The molecular weight excluding hydrogens is 505 g/mol. The lowest BCUT2D eigenvalue weighted by Crippen LogP contribution is -2.41. The van der Waals surface area contributed by atoms with E-state index in [0.29, 0.717) is 6.54 Å². The summed E-state index contributed by atoms with van der Waals surface area (Å²) in [5.41, 5.74) is 5.17. The molecule has 0 fully saturated rings. The number of aromatic nitrogens is 4. The number of benzene rings is 3. The van der Waals surface area contributed by atoms with Gasteiger partial charge >= 0.3 is 14.2 Å². The summed E-state index contributed by atoms with van der Waals surface area (Å²) in [7, 11) is -1.29. The van der Waals surface area contributed by atoms with E-state index in [0.717, 1.165) is 33.6 Å². The van der Waals surface area contributed by atoms with E-state index < -0.39 is 8.25 Å². The predicted molar refractivity (Wildman–Crippen MR) is 143 cm³/mol. The molecule has 4 aromatic rings. The molecule has 2 atom stereocenters. The van der Waals surface area contributed by atoms with Crippen LogP contribution in [0.2, 0.25) is 0 Å². The highest BCUT2D eigenvalue weighted by Crippen LogP contribution is 2.30. The predicted octanol–water partition coefficient (Wildman–Crippen LogP) is 3.64. The second-order valence-electron chi connectivity index (χ2n) is 8.80. The van der Waals surface area contributed by atoms with Crippen LogP contribution in [0.5, 0.6) is 0 Å². The van der Waals surface area contributed by atoms with Gasteiger partial charge in [-0.15, -0.1) is 5.10 Å². The molecule has 3 aromatic carbocycles. The molecule has 0 spiro atoms. The van der Waals surface area contributed by atoms with Crippen molar-refractivity contribution in [3.05, 3.63) is 90.0 Å². The average Bonchev–Trinajstić information content (AvgIpc) is 3.33. The van der Waals surface area contributed by atoms with E-state index in [1.165, 1.54) is 0 Å². The Bertz CT molecular complexity index is 1330. The monoisotopic (exact) mass is 537 g/mol. The van der Waals surface area contributed by atoms with Crippen LogP contribution in [-0.2, 0) is 34.3 Å². The highest BCUT2D eigenvalue weighted by molar-refractivity contribution is 7.29. The van der Waals surface area contributed by atoms with Gasteiger partial charge in [-0.1, -0.05) is 92.7 Å². The quantitative estimate of drug-likeness (QED) is 0.242. The van der Waals surface area contributed by atoms with Crippen LogP contribution in [0.4, 0.5) is 0 Å². The molecule has 0 amide bonds. The molecule has 200 valence electrons. The lowest BCUT2D eigenvalue weighted by atomic mass is 9.98. The molecule has 0 bridgehead atoms. The minimum absolute atomic E-state index is 0. The lowest BCUT2D eigenvalue weighted by Gasteiger charge is -2.21. The third kappa shape index (κ3) is 8.36. The molecule has 11 heteroatoms. The van der Waals surface area contributed by atoms with Gasteiger partial charge in [0.2, 0.25) is 0 Å². The van der Waals surface area contributed by atoms with E-state index in [4.69, 9.17) is 19.1 Å². The number of tetrazole rings is 1. The number of esters is 1. The average molecular weight is 538 g/mol. The maximum absolute atomic E-state index is 12.7. The van der Waals surface area contributed by atoms with Crippen molar-refractivity contribution in [2.24, 2.45) is 13.0 Å². The molecule has 0 aliphatic rings. The van der Waals surface area contributed by atoms with Gasteiger partial charge in [-0.05, 0) is 43.2 Å². The van der Waals surface area contributed by atoms with Crippen molar-refractivity contribution in [2.75, 3.05) is 0 Å². The summed E-state index contributed by atoms with van der Waals surface area (Å²) in [6.45, 7) is 4.88. The van der Waals surface area contributed by atoms with Crippen LogP contribution in [0, 0.1) is 5.92 Å². The van der Waals surface area contributed by atoms with Gasteiger partial charge in [0.1, 0.15) is 12.6 Å². The Kier molecular flexibility index (Phi) is 10.7. The van der Waals surface area contributed by atoms with Crippen LogP contribution >= 0.6 is 8.25 Å². The first kappa shape index (κ1) is 28.7. The first-order valence-electron chi connectivity index (χ1n) is 11.9. The summed E-state index contributed by atoms with van der Waals surface area (Å²) >= 11 is 0. The van der Waals surface area contributed by atoms with Crippen molar-refractivity contribution in [3.8, 4) is 22.5 Å². The fraction of sp³-hybridized carbons (Fsp3) is 0.259. The minimum atomic E-state index is -3.12. The number of nitrogens with one attached hydrogen (secondary N) is 1. The van der Waals surface area contributed by atoms with Gasteiger partial charge in [-0.3, -0.25) is 4.79 Å². The third-order valence-electron chi connectivity index (χ3n) is 5.72. The highest BCUT2D eigenvalue weighted by Gasteiger charge is 2.23. The number of aryl methyl sites for hydroxylation is 1. The van der Waals surface area contributed by atoms with Crippen molar-refractivity contribution in [1.82, 2.24) is 25.5 Å². The van der Waals surface area contributed by atoms with Gasteiger partial charge in [-0.2, -0.15) is 4.89 Å². The van der Waals surface area contributed by atoms with E-state index >= 15 is 0 Å². The fourth-order valence-electron chi connectivity index (χ4n) is 3.83. The molecule has 38 heavy (non-hydrogen) atoms. The zero-order valence-corrected chi connectivity index (χ0v) is 22.3. The van der Waals surface area contributed by atoms with Crippen LogP contribution in [0.3, 0.4) is 0 Å². The maximum atomic E-state index is 12.7. The van der Waals surface area contributed by atoms with Crippen molar-refractivity contribution in [1.29, 1.82) is 0 Å². The summed E-state index contributed by atoms with van der Waals surface area (Å²) in [5, 5.41) is 15.2. The third-order valence-corrected chi connectivity index (χ3v) is 5.72. The van der Waals surface area contributed by atoms with Gasteiger partial charge in [-0.25, -0.2) is 4.68 Å². The summed E-state index contributed by atoms with van der Waals surface area (Å²) in [5.74, 6) is 0.589. The molecule has 10 nitrogen and oxygen atoms in total. The highest BCUT2D eigenvalue weighted by atomic mass is 31.1. The van der Waals surface area contributed by atoms with Gasteiger partial charge in [0.25, 0.3) is 0 Å². The van der Waals surface area contributed by atoms with Crippen molar-refractivity contribution >= 4 is 14.2 Å². The Morgan fingerprint density at radius 1 is 1.03 bits per heavy atom. The maximum Gasteiger partial charge on any atom is 0.485 e. The van der Waals surface area contributed by atoms with E-state index in [-0.39, 0.29) is 26.0 Å². The van der Waals surface area contributed by atoms with Crippen LogP contribution in [0.1, 0.15) is 26.4 Å². The Labute approximate surface area is 223 Å². The number of carbonyl (C=O) groups is 1. The van der Waals surface area contributed by atoms with Crippen molar-refractivity contribution < 1.29 is 25.3 Å². The molecule has 0 saturated carbocycles. The fourth-order valence-corrected chi connectivity index (χ4v) is 3.83. The second kappa shape index (κ2) is 14.2. The topological polar surface area (TPSA) is 142 Å². The minimum Gasteiger partial charge on any atom is -0.567 e. The summed E-state index contributed by atoms with van der Waals surface area (Å²) in [6.07, 6.45) is 0. The van der Waals surface area contributed by atoms with Crippen LogP contribution in [0.25, 0.3) is 22.5 Å². The Balaban J connectivity index is 0.000000998. The van der Waals surface area contributed by atoms with Crippen molar-refractivity contribution in [2.45, 2.75) is 33.0 Å². The van der Waals surface area contributed by atoms with E-state index in [9.17, 15) is 4.79 Å². The molecule has 1 heterocycles. The smallest absolute Gasteiger partial charge is 0.485 e. The summed E-state index contributed by atoms with van der Waals surface area (Å²) < 4.78 is 15.8. The van der Waals surface area contributed by atoms with E-state index in [1.54, 1.807) is 4.68 Å². The molecule has 0 saturated heterocycles. The van der Waals surface area contributed by atoms with Crippen LogP contribution in [0.15, 0.2) is 78.9 Å². The zero-order chi connectivity index (χ0) is 27.5. The summed E-state index contributed by atoms with van der Waals surface area (Å²) in [6, 6.07) is 25.7. The van der Waals surface area contributed by atoms with Crippen LogP contribution in [-0.4, -0.2) is 37.1 Å². The number of hydrogen-bond donors (Lipinski definition) is 2. The standard InChI is InChI=1S/C27H29N5O2.HO3P.H2/c1-19(2)25(27(33)34-18-21-9-5-4-6-10-21)28-17-20-13-15-22(16-14-20)23-11-7-8-12-24(23)26-29-30-31-32(26)3;1-4(2)3;/h4-16,19,25,28H,17-18H2,1-3H3;(H,1,2,3);1H/t25-;;/m0../s1. The molecule has 2 N–H and O–H groups in total. The molecule has 0 radical (unpaired) electrons. The first-order valence-corrected chi connectivity index (χ1v) is 13.1. The molecular formula is C27H32N5O5P. The van der Waals surface area contributed by atoms with Gasteiger partial charge in [0.15, 0.2) is 5.82 Å². The second-order valence-corrected chi connectivity index (χ2v) is 9.28. The van der Waals surface area contributed by atoms with E-state index in [1.807, 2.05) is 69.4 Å². The Morgan fingerprint density at radius 2 is 1.63 bits per heavy atom.